The molecule has 7 heteroatoms. The molecule has 0 saturated heterocycles. The lowest BCUT2D eigenvalue weighted by Gasteiger charge is -2.19. The van der Waals surface area contributed by atoms with Crippen molar-refractivity contribution in [2.24, 2.45) is 0 Å². The molecule has 0 radical (unpaired) electrons. The van der Waals surface area contributed by atoms with Crippen molar-refractivity contribution in [2.75, 3.05) is 19.0 Å². The zero-order valence-corrected chi connectivity index (χ0v) is 11.1. The fraction of sp³-hybridized carbons (Fsp3) is 0.333. The summed E-state index contributed by atoms with van der Waals surface area (Å²) in [6.45, 7) is 0. The van der Waals surface area contributed by atoms with E-state index in [-0.39, 0.29) is 0 Å². The second kappa shape index (κ2) is 5.42. The lowest BCUT2D eigenvalue weighted by atomic mass is 10.2. The van der Waals surface area contributed by atoms with Gasteiger partial charge >= 0.3 is 5.97 Å². The zero-order valence-electron chi connectivity index (χ0n) is 8.73. The molecule has 0 saturated carbocycles. The van der Waals surface area contributed by atoms with Crippen LogP contribution in [0.3, 0.4) is 0 Å². The molecule has 88 valence electrons. The van der Waals surface area contributed by atoms with E-state index in [9.17, 15) is 9.59 Å². The third-order valence-corrected chi connectivity index (χ3v) is 3.76. The molecule has 5 nitrogen and oxygen atoms in total. The van der Waals surface area contributed by atoms with Gasteiger partial charge in [-0.1, -0.05) is 0 Å². The van der Waals surface area contributed by atoms with Gasteiger partial charge in [0.05, 0.1) is 5.00 Å². The molecular formula is C9H11BrN2O3S. The van der Waals surface area contributed by atoms with Gasteiger partial charge in [-0.05, 0) is 29.0 Å². The number of halogens is 1. The average molecular weight is 307 g/mol. The number of carbonyl (C=O) groups is 2. The highest BCUT2D eigenvalue weighted by Crippen LogP contribution is 2.27. The molecule has 0 aliphatic rings. The van der Waals surface area contributed by atoms with Gasteiger partial charge in [0.2, 0.25) is 0 Å². The molecule has 0 spiro atoms. The molecule has 1 aromatic heterocycles. The first-order valence-corrected chi connectivity index (χ1v) is 6.06. The Kier molecular flexibility index (Phi) is 4.45. The molecule has 0 fully saturated rings. The van der Waals surface area contributed by atoms with Gasteiger partial charge in [-0.25, -0.2) is 4.79 Å². The van der Waals surface area contributed by atoms with Gasteiger partial charge in [-0.3, -0.25) is 10.1 Å². The minimum atomic E-state index is -1.22. The van der Waals surface area contributed by atoms with E-state index in [1.54, 1.807) is 13.1 Å². The maximum atomic E-state index is 11.8. The van der Waals surface area contributed by atoms with Gasteiger partial charge in [0.15, 0.2) is 6.04 Å². The molecule has 1 rings (SSSR count). The van der Waals surface area contributed by atoms with Crippen molar-refractivity contribution in [3.63, 3.8) is 0 Å². The van der Waals surface area contributed by atoms with E-state index in [1.165, 1.54) is 23.3 Å². The Labute approximate surface area is 105 Å². The summed E-state index contributed by atoms with van der Waals surface area (Å²) in [6, 6.07) is 0.544. The number of nitrogens with zero attached hydrogens (tertiary/aromatic N) is 1. The fourth-order valence-electron chi connectivity index (χ4n) is 1.13. The molecule has 0 aliphatic carbocycles. The zero-order chi connectivity index (χ0) is 12.3. The van der Waals surface area contributed by atoms with E-state index in [2.05, 4.69) is 21.2 Å². The van der Waals surface area contributed by atoms with E-state index in [0.717, 1.165) is 4.47 Å². The van der Waals surface area contributed by atoms with Gasteiger partial charge in [-0.15, -0.1) is 11.3 Å². The SMILES string of the molecule is CNC(C(=O)O)C(=O)N(C)c1cc(Br)cs1. The monoisotopic (exact) mass is 306 g/mol. The summed E-state index contributed by atoms with van der Waals surface area (Å²) in [7, 11) is 2.99. The summed E-state index contributed by atoms with van der Waals surface area (Å²) in [5, 5.41) is 13.8. The summed E-state index contributed by atoms with van der Waals surface area (Å²) in [6.07, 6.45) is 0. The number of nitrogens with one attached hydrogen (secondary N) is 1. The van der Waals surface area contributed by atoms with Gasteiger partial charge < -0.3 is 10.0 Å². The minimum absolute atomic E-state index is 0.496. The fourth-order valence-corrected chi connectivity index (χ4v) is 2.53. The number of anilines is 1. The molecule has 0 bridgehead atoms. The Hall–Kier alpha value is -0.920. The lowest BCUT2D eigenvalue weighted by Crippen LogP contribution is -2.48. The first-order valence-electron chi connectivity index (χ1n) is 4.39. The van der Waals surface area contributed by atoms with E-state index < -0.39 is 17.9 Å². The van der Waals surface area contributed by atoms with Gasteiger partial charge in [0.25, 0.3) is 5.91 Å². The summed E-state index contributed by atoms with van der Waals surface area (Å²) in [5.74, 6) is -1.68. The Bertz CT molecular complexity index is 407. The second-order valence-corrected chi connectivity index (χ2v) is 4.87. The van der Waals surface area contributed by atoms with Crippen molar-refractivity contribution in [1.29, 1.82) is 0 Å². The van der Waals surface area contributed by atoms with Crippen molar-refractivity contribution in [3.8, 4) is 0 Å². The predicted octanol–water partition coefficient (Wildman–Crippen LogP) is 1.15. The molecule has 16 heavy (non-hydrogen) atoms. The molecule has 1 atom stereocenters. The van der Waals surface area contributed by atoms with Crippen LogP contribution in [0.25, 0.3) is 0 Å². The Balaban J connectivity index is 2.85. The van der Waals surface area contributed by atoms with Crippen LogP contribution in [-0.4, -0.2) is 37.1 Å². The quantitative estimate of drug-likeness (QED) is 0.819. The van der Waals surface area contributed by atoms with Crippen LogP contribution < -0.4 is 10.2 Å². The van der Waals surface area contributed by atoms with Crippen molar-refractivity contribution < 1.29 is 14.7 Å². The number of thiophene rings is 1. The summed E-state index contributed by atoms with van der Waals surface area (Å²) < 4.78 is 0.864. The normalized spacial score (nSPS) is 12.2. The first-order chi connectivity index (χ1) is 7.47. The van der Waals surface area contributed by atoms with Gasteiger partial charge in [0.1, 0.15) is 0 Å². The van der Waals surface area contributed by atoms with Crippen molar-refractivity contribution in [1.82, 2.24) is 5.32 Å². The summed E-state index contributed by atoms with van der Waals surface area (Å²) in [4.78, 5) is 23.9. The van der Waals surface area contributed by atoms with Crippen LogP contribution in [-0.2, 0) is 9.59 Å². The van der Waals surface area contributed by atoms with Crippen LogP contribution in [0.15, 0.2) is 15.9 Å². The number of carbonyl (C=O) groups excluding carboxylic acids is 1. The number of hydrogen-bond donors (Lipinski definition) is 2. The highest BCUT2D eigenvalue weighted by Gasteiger charge is 2.28. The Morgan fingerprint density at radius 1 is 1.62 bits per heavy atom. The van der Waals surface area contributed by atoms with Crippen LogP contribution in [0.5, 0.6) is 0 Å². The van der Waals surface area contributed by atoms with Crippen LogP contribution in [0.4, 0.5) is 5.00 Å². The van der Waals surface area contributed by atoms with E-state index >= 15 is 0 Å². The van der Waals surface area contributed by atoms with Crippen LogP contribution in [0.1, 0.15) is 0 Å². The molecule has 1 aromatic rings. The van der Waals surface area contributed by atoms with Gasteiger partial charge in [0, 0.05) is 16.9 Å². The van der Waals surface area contributed by atoms with E-state index in [1.807, 2.05) is 5.38 Å². The number of amides is 1. The largest absolute Gasteiger partial charge is 0.480 e. The smallest absolute Gasteiger partial charge is 0.330 e. The maximum Gasteiger partial charge on any atom is 0.330 e. The molecule has 1 unspecified atom stereocenters. The van der Waals surface area contributed by atoms with Gasteiger partial charge in [-0.2, -0.15) is 0 Å². The second-order valence-electron chi connectivity index (χ2n) is 3.06. The van der Waals surface area contributed by atoms with Crippen molar-refractivity contribution >= 4 is 44.1 Å². The standard InChI is InChI=1S/C9H11BrN2O3S/c1-11-7(9(14)15)8(13)12(2)6-3-5(10)4-16-6/h3-4,7,11H,1-2H3,(H,14,15). The van der Waals surface area contributed by atoms with Crippen molar-refractivity contribution in [3.05, 3.63) is 15.9 Å². The number of aliphatic carboxylic acids is 1. The summed E-state index contributed by atoms with van der Waals surface area (Å²) >= 11 is 4.64. The molecule has 1 amide bonds. The molecular weight excluding hydrogens is 296 g/mol. The molecule has 0 aromatic carbocycles. The molecule has 1 heterocycles. The van der Waals surface area contributed by atoms with Crippen LogP contribution >= 0.6 is 27.3 Å². The lowest BCUT2D eigenvalue weighted by molar-refractivity contribution is -0.143. The average Bonchev–Trinajstić information content (AvgIpc) is 2.64. The Morgan fingerprint density at radius 2 is 2.25 bits per heavy atom. The number of rotatable bonds is 4. The number of likely N-dealkylation sites (N-methyl/N-ethyl adjacent to an activating group) is 2. The van der Waals surface area contributed by atoms with Crippen LogP contribution in [0.2, 0.25) is 0 Å². The Morgan fingerprint density at radius 3 is 2.62 bits per heavy atom. The highest BCUT2D eigenvalue weighted by atomic mass is 79.9. The molecule has 0 aliphatic heterocycles. The van der Waals surface area contributed by atoms with Crippen LogP contribution in [0, 0.1) is 0 Å². The topological polar surface area (TPSA) is 69.6 Å². The maximum absolute atomic E-state index is 11.8. The number of carboxylic acid groups (broad SMARTS) is 1. The first kappa shape index (κ1) is 13.1. The molecule has 2 N–H and O–H groups in total. The van der Waals surface area contributed by atoms with E-state index in [4.69, 9.17) is 5.11 Å². The third kappa shape index (κ3) is 2.81. The number of hydrogen-bond acceptors (Lipinski definition) is 4. The minimum Gasteiger partial charge on any atom is -0.480 e. The highest BCUT2D eigenvalue weighted by molar-refractivity contribution is 9.10. The van der Waals surface area contributed by atoms with E-state index in [0.29, 0.717) is 5.00 Å². The summed E-state index contributed by atoms with van der Waals surface area (Å²) in [5.41, 5.74) is 0. The number of carboxylic acids is 1. The predicted molar refractivity (Wildman–Crippen MR) is 65.9 cm³/mol. The third-order valence-electron chi connectivity index (χ3n) is 2.00. The van der Waals surface area contributed by atoms with Crippen molar-refractivity contribution in [2.45, 2.75) is 6.04 Å².